The molecule has 2 aromatic rings. The molecule has 1 aromatic carbocycles. The minimum atomic E-state index is 0.339. The predicted molar refractivity (Wildman–Crippen MR) is 83.6 cm³/mol. The number of aromatic nitrogens is 2. The lowest BCUT2D eigenvalue weighted by molar-refractivity contribution is 0.100. The molecular formula is C17H23N3O2. The smallest absolute Gasteiger partial charge is 0.223 e. The third-order valence-electron chi connectivity index (χ3n) is 4.33. The number of piperidine rings is 1. The summed E-state index contributed by atoms with van der Waals surface area (Å²) < 4.78 is 10.7. The fourth-order valence-corrected chi connectivity index (χ4v) is 3.30. The van der Waals surface area contributed by atoms with E-state index in [-0.39, 0.29) is 0 Å². The molecule has 1 aromatic heterocycles. The molecule has 5 nitrogen and oxygen atoms in total. The van der Waals surface area contributed by atoms with Gasteiger partial charge in [-0.05, 0) is 24.8 Å². The molecule has 0 saturated carbocycles. The van der Waals surface area contributed by atoms with E-state index in [9.17, 15) is 0 Å². The highest BCUT2D eigenvalue weighted by atomic mass is 16.5. The number of benzene rings is 1. The Balaban J connectivity index is 1.86. The van der Waals surface area contributed by atoms with Crippen LogP contribution in [0.4, 0.5) is 0 Å². The zero-order valence-corrected chi connectivity index (χ0v) is 13.5. The molecule has 0 radical (unpaired) electrons. The fraction of sp³-hybridized carbons (Fsp3) is 0.529. The molecule has 0 N–H and O–H groups in total. The zero-order valence-electron chi connectivity index (χ0n) is 13.5. The van der Waals surface area contributed by atoms with Crippen molar-refractivity contribution in [3.05, 3.63) is 41.5 Å². The van der Waals surface area contributed by atoms with Crippen LogP contribution in [0.1, 0.15) is 43.1 Å². The van der Waals surface area contributed by atoms with E-state index in [0.717, 1.165) is 24.5 Å². The van der Waals surface area contributed by atoms with Gasteiger partial charge in [0.15, 0.2) is 5.82 Å². The first kappa shape index (κ1) is 15.0. The first-order valence-corrected chi connectivity index (χ1v) is 7.83. The van der Waals surface area contributed by atoms with Crippen LogP contribution in [0.3, 0.4) is 0 Å². The van der Waals surface area contributed by atoms with E-state index in [1.165, 1.54) is 12.0 Å². The third-order valence-corrected chi connectivity index (χ3v) is 4.33. The predicted octanol–water partition coefficient (Wildman–Crippen LogP) is 3.36. The second kappa shape index (κ2) is 6.48. The molecular weight excluding hydrogens is 278 g/mol. The monoisotopic (exact) mass is 301 g/mol. The molecule has 1 aliphatic rings. The second-order valence-electron chi connectivity index (χ2n) is 6.10. The van der Waals surface area contributed by atoms with Crippen LogP contribution >= 0.6 is 0 Å². The van der Waals surface area contributed by atoms with Crippen molar-refractivity contribution in [2.75, 3.05) is 13.7 Å². The Bertz CT molecular complexity index is 626. The summed E-state index contributed by atoms with van der Waals surface area (Å²) >= 11 is 0. The van der Waals surface area contributed by atoms with Crippen LogP contribution in [0.25, 0.3) is 0 Å². The number of ether oxygens (including phenoxy) is 1. The molecule has 2 unspecified atom stereocenters. The maximum absolute atomic E-state index is 5.55. The van der Waals surface area contributed by atoms with Crippen molar-refractivity contribution in [1.29, 1.82) is 0 Å². The largest absolute Gasteiger partial charge is 0.496 e. The lowest BCUT2D eigenvalue weighted by Crippen LogP contribution is -2.37. The van der Waals surface area contributed by atoms with Crippen molar-refractivity contribution in [1.82, 2.24) is 15.0 Å². The molecule has 2 atom stereocenters. The van der Waals surface area contributed by atoms with Gasteiger partial charge in [0.1, 0.15) is 5.75 Å². The van der Waals surface area contributed by atoms with Crippen LogP contribution in [-0.2, 0) is 6.54 Å². The number of aryl methyl sites for hydroxylation is 1. The summed E-state index contributed by atoms with van der Waals surface area (Å²) in [6.45, 7) is 5.88. The van der Waals surface area contributed by atoms with E-state index in [1.54, 1.807) is 7.11 Å². The molecule has 3 rings (SSSR count). The molecule has 0 bridgehead atoms. The zero-order chi connectivity index (χ0) is 15.5. The summed E-state index contributed by atoms with van der Waals surface area (Å²) in [5.74, 6) is 3.01. The average Bonchev–Trinajstić information content (AvgIpc) is 2.93. The maximum atomic E-state index is 5.55. The van der Waals surface area contributed by atoms with Crippen molar-refractivity contribution in [3.8, 4) is 5.75 Å². The number of rotatable bonds is 4. The molecule has 2 heterocycles. The Labute approximate surface area is 131 Å². The van der Waals surface area contributed by atoms with Gasteiger partial charge in [-0.25, -0.2) is 0 Å². The van der Waals surface area contributed by atoms with Crippen LogP contribution in [0, 0.1) is 12.8 Å². The molecule has 1 saturated heterocycles. The number of hydrogen-bond donors (Lipinski definition) is 0. The van der Waals surface area contributed by atoms with Gasteiger partial charge in [-0.1, -0.05) is 30.3 Å². The maximum Gasteiger partial charge on any atom is 0.223 e. The lowest BCUT2D eigenvalue weighted by atomic mass is 9.89. The molecule has 0 spiro atoms. The number of methoxy groups -OCH3 is 1. The van der Waals surface area contributed by atoms with Gasteiger partial charge in [-0.3, -0.25) is 4.90 Å². The van der Waals surface area contributed by atoms with Crippen LogP contribution in [0.5, 0.6) is 5.75 Å². The van der Waals surface area contributed by atoms with E-state index in [0.29, 0.717) is 24.4 Å². The van der Waals surface area contributed by atoms with Gasteiger partial charge in [0, 0.05) is 25.1 Å². The van der Waals surface area contributed by atoms with Crippen molar-refractivity contribution in [2.45, 2.75) is 39.3 Å². The Hall–Kier alpha value is -1.88. The van der Waals surface area contributed by atoms with Crippen molar-refractivity contribution < 1.29 is 9.26 Å². The van der Waals surface area contributed by atoms with E-state index in [4.69, 9.17) is 9.26 Å². The van der Waals surface area contributed by atoms with Crippen molar-refractivity contribution >= 4 is 0 Å². The van der Waals surface area contributed by atoms with Crippen LogP contribution in [0.2, 0.25) is 0 Å². The molecule has 22 heavy (non-hydrogen) atoms. The van der Waals surface area contributed by atoms with Gasteiger partial charge in [0.2, 0.25) is 5.89 Å². The highest BCUT2D eigenvalue weighted by molar-refractivity contribution is 5.36. The third kappa shape index (κ3) is 3.14. The number of hydrogen-bond acceptors (Lipinski definition) is 5. The van der Waals surface area contributed by atoms with E-state index < -0.39 is 0 Å². The van der Waals surface area contributed by atoms with E-state index >= 15 is 0 Å². The molecule has 5 heteroatoms. The van der Waals surface area contributed by atoms with Crippen LogP contribution < -0.4 is 4.74 Å². The molecule has 1 fully saturated rings. The lowest BCUT2D eigenvalue weighted by Gasteiger charge is -2.38. The summed E-state index contributed by atoms with van der Waals surface area (Å²) in [4.78, 5) is 6.79. The topological polar surface area (TPSA) is 51.4 Å². The van der Waals surface area contributed by atoms with Crippen molar-refractivity contribution in [2.24, 2.45) is 5.92 Å². The van der Waals surface area contributed by atoms with Gasteiger partial charge >= 0.3 is 0 Å². The van der Waals surface area contributed by atoms with Gasteiger partial charge in [-0.15, -0.1) is 0 Å². The van der Waals surface area contributed by atoms with E-state index in [1.807, 2.05) is 19.1 Å². The number of nitrogens with zero attached hydrogens (tertiary/aromatic N) is 3. The van der Waals surface area contributed by atoms with Gasteiger partial charge in [0.05, 0.1) is 13.7 Å². The highest BCUT2D eigenvalue weighted by Gasteiger charge is 2.30. The van der Waals surface area contributed by atoms with Gasteiger partial charge < -0.3 is 9.26 Å². The number of likely N-dealkylation sites (tertiary alicyclic amines) is 1. The number of para-hydroxylation sites is 1. The molecule has 1 aliphatic heterocycles. The minimum Gasteiger partial charge on any atom is -0.496 e. The molecule has 118 valence electrons. The standard InChI is InChI=1S/C17H23N3O2/c1-12-8-9-15(14-6-4-5-7-16(14)21-3)20(10-12)11-17-18-13(2)22-19-17/h4-7,12,15H,8-11H2,1-3H3. The fourth-order valence-electron chi connectivity index (χ4n) is 3.30. The summed E-state index contributed by atoms with van der Waals surface area (Å²) in [7, 11) is 1.73. The van der Waals surface area contributed by atoms with Gasteiger partial charge in [0.25, 0.3) is 0 Å². The summed E-state index contributed by atoms with van der Waals surface area (Å²) in [6, 6.07) is 8.62. The van der Waals surface area contributed by atoms with Crippen LogP contribution in [0.15, 0.2) is 28.8 Å². The molecule has 0 amide bonds. The quantitative estimate of drug-likeness (QED) is 0.866. The Kier molecular flexibility index (Phi) is 4.43. The van der Waals surface area contributed by atoms with Crippen molar-refractivity contribution in [3.63, 3.8) is 0 Å². The highest BCUT2D eigenvalue weighted by Crippen LogP contribution is 2.38. The SMILES string of the molecule is COc1ccccc1C1CCC(C)CN1Cc1noc(C)n1. The molecule has 0 aliphatic carbocycles. The van der Waals surface area contributed by atoms with Crippen LogP contribution in [-0.4, -0.2) is 28.7 Å². The second-order valence-corrected chi connectivity index (χ2v) is 6.10. The minimum absolute atomic E-state index is 0.339. The van der Waals surface area contributed by atoms with E-state index in [2.05, 4.69) is 34.1 Å². The normalized spacial score (nSPS) is 22.7. The first-order chi connectivity index (χ1) is 10.7. The summed E-state index contributed by atoms with van der Waals surface area (Å²) in [6.07, 6.45) is 2.35. The average molecular weight is 301 g/mol. The summed E-state index contributed by atoms with van der Waals surface area (Å²) in [5.41, 5.74) is 1.25. The van der Waals surface area contributed by atoms with Gasteiger partial charge in [-0.2, -0.15) is 4.98 Å². The Morgan fingerprint density at radius 1 is 1.32 bits per heavy atom. The summed E-state index contributed by atoms with van der Waals surface area (Å²) in [5, 5.41) is 4.05. The Morgan fingerprint density at radius 3 is 2.86 bits per heavy atom. The Morgan fingerprint density at radius 2 is 2.14 bits per heavy atom. The first-order valence-electron chi connectivity index (χ1n) is 7.83.